The van der Waals surface area contributed by atoms with E-state index in [1.807, 2.05) is 6.92 Å². The molecule has 0 aromatic carbocycles. The van der Waals surface area contributed by atoms with Crippen molar-refractivity contribution in [3.05, 3.63) is 0 Å². The van der Waals surface area contributed by atoms with Crippen LogP contribution in [0.4, 0.5) is 0 Å². The standard InChI is InChI=1S/C7H12N2O2/c1-2-3-4-9-7(11)5-6(10)8-9/h2-5H2,1H3,(H,8,10). The molecule has 0 unspecified atom stereocenters. The molecule has 0 aliphatic carbocycles. The van der Waals surface area contributed by atoms with Crippen molar-refractivity contribution in [1.82, 2.24) is 10.4 Å². The topological polar surface area (TPSA) is 49.4 Å². The Hall–Kier alpha value is -1.06. The summed E-state index contributed by atoms with van der Waals surface area (Å²) in [5.41, 5.74) is 2.48. The largest absolute Gasteiger partial charge is 0.273 e. The molecule has 1 aliphatic heterocycles. The second-order valence-electron chi connectivity index (χ2n) is 2.61. The Morgan fingerprint density at radius 2 is 2.27 bits per heavy atom. The first-order chi connectivity index (χ1) is 5.24. The number of carbonyl (C=O) groups excluding carboxylic acids is 2. The Labute approximate surface area is 65.5 Å². The van der Waals surface area contributed by atoms with Crippen LogP contribution in [-0.4, -0.2) is 23.4 Å². The summed E-state index contributed by atoms with van der Waals surface area (Å²) in [6.07, 6.45) is 1.98. The van der Waals surface area contributed by atoms with E-state index in [4.69, 9.17) is 0 Å². The number of amides is 2. The monoisotopic (exact) mass is 156 g/mol. The first-order valence-electron chi connectivity index (χ1n) is 3.84. The number of rotatable bonds is 3. The third kappa shape index (κ3) is 1.93. The van der Waals surface area contributed by atoms with E-state index in [0.29, 0.717) is 6.54 Å². The van der Waals surface area contributed by atoms with Crippen LogP contribution in [0.15, 0.2) is 0 Å². The summed E-state index contributed by atoms with van der Waals surface area (Å²) >= 11 is 0. The molecule has 0 aromatic heterocycles. The normalized spacial score (nSPS) is 17.4. The van der Waals surface area contributed by atoms with Crippen molar-refractivity contribution in [2.75, 3.05) is 6.54 Å². The van der Waals surface area contributed by atoms with E-state index < -0.39 is 0 Å². The van der Waals surface area contributed by atoms with E-state index in [0.717, 1.165) is 12.8 Å². The van der Waals surface area contributed by atoms with Crippen molar-refractivity contribution in [3.8, 4) is 0 Å². The molecule has 62 valence electrons. The maximum atomic E-state index is 10.9. The number of carbonyl (C=O) groups is 2. The third-order valence-corrected chi connectivity index (χ3v) is 1.61. The van der Waals surface area contributed by atoms with Gasteiger partial charge in [-0.1, -0.05) is 13.3 Å². The van der Waals surface area contributed by atoms with Crippen molar-refractivity contribution >= 4 is 11.8 Å². The van der Waals surface area contributed by atoms with E-state index in [1.54, 1.807) is 0 Å². The van der Waals surface area contributed by atoms with Gasteiger partial charge in [-0.3, -0.25) is 20.0 Å². The van der Waals surface area contributed by atoms with Gasteiger partial charge in [-0.05, 0) is 6.42 Å². The summed E-state index contributed by atoms with van der Waals surface area (Å²) in [4.78, 5) is 21.6. The minimum atomic E-state index is -0.189. The highest BCUT2D eigenvalue weighted by Gasteiger charge is 2.25. The molecule has 1 fully saturated rings. The van der Waals surface area contributed by atoms with Crippen LogP contribution in [0, 0.1) is 0 Å². The van der Waals surface area contributed by atoms with Crippen molar-refractivity contribution < 1.29 is 9.59 Å². The van der Waals surface area contributed by atoms with Gasteiger partial charge in [0, 0.05) is 6.54 Å². The average Bonchev–Trinajstić information content (AvgIpc) is 2.26. The van der Waals surface area contributed by atoms with Gasteiger partial charge in [0.2, 0.25) is 11.8 Å². The lowest BCUT2D eigenvalue weighted by Crippen LogP contribution is -2.36. The predicted molar refractivity (Wildman–Crippen MR) is 39.4 cm³/mol. The summed E-state index contributed by atoms with van der Waals surface area (Å²) in [6.45, 7) is 2.68. The first-order valence-corrected chi connectivity index (χ1v) is 3.84. The van der Waals surface area contributed by atoms with E-state index in [2.05, 4.69) is 5.43 Å². The molecule has 0 radical (unpaired) electrons. The number of nitrogens with one attached hydrogen (secondary N) is 1. The number of nitrogens with zero attached hydrogens (tertiary/aromatic N) is 1. The van der Waals surface area contributed by atoms with Crippen LogP contribution < -0.4 is 5.43 Å². The number of hydrazine groups is 1. The van der Waals surface area contributed by atoms with Crippen LogP contribution in [-0.2, 0) is 9.59 Å². The zero-order valence-electron chi connectivity index (χ0n) is 6.59. The molecule has 4 nitrogen and oxygen atoms in total. The summed E-state index contributed by atoms with van der Waals surface area (Å²) in [5, 5.41) is 1.39. The highest BCUT2D eigenvalue weighted by Crippen LogP contribution is 2.02. The lowest BCUT2D eigenvalue weighted by atomic mass is 10.3. The van der Waals surface area contributed by atoms with Gasteiger partial charge in [-0.25, -0.2) is 0 Å². The van der Waals surface area contributed by atoms with Crippen molar-refractivity contribution in [2.24, 2.45) is 0 Å². The molecule has 0 spiro atoms. The molecule has 0 aromatic rings. The Balaban J connectivity index is 2.34. The maximum absolute atomic E-state index is 10.9. The van der Waals surface area contributed by atoms with Crippen LogP contribution in [0.3, 0.4) is 0 Å². The molecule has 1 N–H and O–H groups in total. The molecule has 1 saturated heterocycles. The SMILES string of the molecule is CCCCN1NC(=O)CC1=O. The van der Waals surface area contributed by atoms with Gasteiger partial charge in [0.1, 0.15) is 6.42 Å². The Kier molecular flexibility index (Phi) is 2.46. The van der Waals surface area contributed by atoms with Gasteiger partial charge in [-0.15, -0.1) is 0 Å². The Morgan fingerprint density at radius 1 is 1.55 bits per heavy atom. The van der Waals surface area contributed by atoms with Crippen LogP contribution in [0.25, 0.3) is 0 Å². The van der Waals surface area contributed by atoms with Gasteiger partial charge in [-0.2, -0.15) is 0 Å². The van der Waals surface area contributed by atoms with Gasteiger partial charge in [0.25, 0.3) is 0 Å². The highest BCUT2D eigenvalue weighted by molar-refractivity contribution is 6.02. The van der Waals surface area contributed by atoms with Crippen molar-refractivity contribution in [3.63, 3.8) is 0 Å². The zero-order chi connectivity index (χ0) is 8.27. The number of hydrogen-bond donors (Lipinski definition) is 1. The first kappa shape index (κ1) is 8.04. The Bertz CT molecular complexity index is 179. The van der Waals surface area contributed by atoms with E-state index in [1.165, 1.54) is 5.01 Å². The van der Waals surface area contributed by atoms with Crippen LogP contribution in [0.1, 0.15) is 26.2 Å². The molecule has 1 heterocycles. The lowest BCUT2D eigenvalue weighted by Gasteiger charge is -2.13. The van der Waals surface area contributed by atoms with E-state index >= 15 is 0 Å². The Morgan fingerprint density at radius 3 is 2.73 bits per heavy atom. The summed E-state index contributed by atoms with van der Waals surface area (Å²) < 4.78 is 0. The fourth-order valence-corrected chi connectivity index (χ4v) is 0.982. The molecule has 2 amide bonds. The molecule has 0 atom stereocenters. The molecule has 0 bridgehead atoms. The molecule has 1 rings (SSSR count). The van der Waals surface area contributed by atoms with Gasteiger partial charge in [0.05, 0.1) is 0 Å². The third-order valence-electron chi connectivity index (χ3n) is 1.61. The fraction of sp³-hybridized carbons (Fsp3) is 0.714. The minimum absolute atomic E-state index is 0.0176. The van der Waals surface area contributed by atoms with Crippen molar-refractivity contribution in [2.45, 2.75) is 26.2 Å². The van der Waals surface area contributed by atoms with Gasteiger partial charge < -0.3 is 0 Å². The second kappa shape index (κ2) is 3.37. The molecule has 4 heteroatoms. The lowest BCUT2D eigenvalue weighted by molar-refractivity contribution is -0.129. The summed E-state index contributed by atoms with van der Waals surface area (Å²) in [7, 11) is 0. The van der Waals surface area contributed by atoms with Crippen LogP contribution in [0.5, 0.6) is 0 Å². The summed E-state index contributed by atoms with van der Waals surface area (Å²) in [5.74, 6) is -0.297. The van der Waals surface area contributed by atoms with Gasteiger partial charge in [0.15, 0.2) is 0 Å². The second-order valence-corrected chi connectivity index (χ2v) is 2.61. The fourth-order valence-electron chi connectivity index (χ4n) is 0.982. The molecule has 1 aliphatic rings. The molecule has 11 heavy (non-hydrogen) atoms. The highest BCUT2D eigenvalue weighted by atomic mass is 16.2. The van der Waals surface area contributed by atoms with E-state index in [9.17, 15) is 9.59 Å². The quantitative estimate of drug-likeness (QED) is 0.587. The zero-order valence-corrected chi connectivity index (χ0v) is 6.59. The maximum Gasteiger partial charge on any atom is 0.250 e. The van der Waals surface area contributed by atoms with Crippen LogP contribution in [0.2, 0.25) is 0 Å². The predicted octanol–water partition coefficient (Wildman–Crippen LogP) is 0.0500. The van der Waals surface area contributed by atoms with Crippen molar-refractivity contribution in [1.29, 1.82) is 0 Å². The van der Waals surface area contributed by atoms with Crippen LogP contribution >= 0.6 is 0 Å². The summed E-state index contributed by atoms with van der Waals surface area (Å²) in [6, 6.07) is 0. The molecular formula is C7H12N2O2. The van der Waals surface area contributed by atoms with Gasteiger partial charge >= 0.3 is 0 Å². The smallest absolute Gasteiger partial charge is 0.250 e. The number of hydrogen-bond acceptors (Lipinski definition) is 2. The average molecular weight is 156 g/mol. The minimum Gasteiger partial charge on any atom is -0.273 e. The molecule has 0 saturated carbocycles. The number of unbranched alkanes of at least 4 members (excludes halogenated alkanes) is 1. The molecular weight excluding hydrogens is 144 g/mol. The van der Waals surface area contributed by atoms with E-state index in [-0.39, 0.29) is 18.2 Å².